The van der Waals surface area contributed by atoms with Gasteiger partial charge >= 0.3 is 5.97 Å². The van der Waals surface area contributed by atoms with Crippen molar-refractivity contribution in [3.05, 3.63) is 0 Å². The van der Waals surface area contributed by atoms with E-state index in [1.54, 1.807) is 0 Å². The first-order valence-corrected chi connectivity index (χ1v) is 8.02. The van der Waals surface area contributed by atoms with Crippen LogP contribution >= 0.6 is 0 Å². The van der Waals surface area contributed by atoms with Crippen LogP contribution < -0.4 is 5.32 Å². The van der Waals surface area contributed by atoms with Gasteiger partial charge in [0.05, 0.1) is 7.11 Å². The molecule has 2 saturated heterocycles. The third-order valence-corrected chi connectivity index (χ3v) is 4.53. The van der Waals surface area contributed by atoms with Crippen molar-refractivity contribution in [2.75, 3.05) is 46.4 Å². The van der Waals surface area contributed by atoms with Crippen molar-refractivity contribution in [3.8, 4) is 0 Å². The van der Waals surface area contributed by atoms with Crippen LogP contribution in [0.3, 0.4) is 0 Å². The number of nitrogens with zero attached hydrogens (tertiary/aromatic N) is 2. The second-order valence-corrected chi connectivity index (χ2v) is 5.95. The Morgan fingerprint density at radius 3 is 3.00 bits per heavy atom. The molecule has 2 heterocycles. The highest BCUT2D eigenvalue weighted by Crippen LogP contribution is 2.21. The molecule has 2 rings (SSSR count). The SMILES string of the molecule is CCCNC(CCN1CCN2CCCC2C1)C(=O)OC. The summed E-state index contributed by atoms with van der Waals surface area (Å²) in [4.78, 5) is 16.9. The van der Waals surface area contributed by atoms with E-state index in [-0.39, 0.29) is 12.0 Å². The summed E-state index contributed by atoms with van der Waals surface area (Å²) < 4.78 is 4.89. The molecule has 2 aliphatic heterocycles. The first-order valence-electron chi connectivity index (χ1n) is 8.02. The third kappa shape index (κ3) is 4.17. The lowest BCUT2D eigenvalue weighted by Gasteiger charge is -2.37. The van der Waals surface area contributed by atoms with Crippen LogP contribution in [-0.2, 0) is 9.53 Å². The van der Waals surface area contributed by atoms with E-state index in [0.717, 1.165) is 38.5 Å². The lowest BCUT2D eigenvalue weighted by molar-refractivity contribution is -0.143. The first kappa shape index (κ1) is 15.7. The van der Waals surface area contributed by atoms with Crippen LogP contribution in [0.1, 0.15) is 32.6 Å². The van der Waals surface area contributed by atoms with Gasteiger partial charge in [-0.1, -0.05) is 6.92 Å². The lowest BCUT2D eigenvalue weighted by atomic mass is 10.1. The molecule has 0 aromatic heterocycles. The van der Waals surface area contributed by atoms with Crippen molar-refractivity contribution < 1.29 is 9.53 Å². The fourth-order valence-electron chi connectivity index (χ4n) is 3.33. The van der Waals surface area contributed by atoms with Gasteiger partial charge in [0.25, 0.3) is 0 Å². The van der Waals surface area contributed by atoms with E-state index in [4.69, 9.17) is 4.74 Å². The van der Waals surface area contributed by atoms with Crippen LogP contribution in [0.5, 0.6) is 0 Å². The highest BCUT2D eigenvalue weighted by atomic mass is 16.5. The molecule has 0 radical (unpaired) electrons. The maximum absolute atomic E-state index is 11.8. The summed E-state index contributed by atoms with van der Waals surface area (Å²) in [6.45, 7) is 8.74. The van der Waals surface area contributed by atoms with Crippen LogP contribution in [-0.4, -0.2) is 74.2 Å². The molecule has 0 aromatic carbocycles. The fraction of sp³-hybridized carbons (Fsp3) is 0.933. The van der Waals surface area contributed by atoms with E-state index in [1.807, 2.05) is 0 Å². The quantitative estimate of drug-likeness (QED) is 0.697. The summed E-state index contributed by atoms with van der Waals surface area (Å²) in [5, 5.41) is 3.29. The minimum Gasteiger partial charge on any atom is -0.468 e. The Kier molecular flexibility index (Phi) is 6.26. The van der Waals surface area contributed by atoms with Gasteiger partial charge in [-0.15, -0.1) is 0 Å². The zero-order valence-electron chi connectivity index (χ0n) is 12.9. The number of carbonyl (C=O) groups excluding carboxylic acids is 1. The van der Waals surface area contributed by atoms with E-state index in [2.05, 4.69) is 22.0 Å². The number of rotatable bonds is 7. The number of piperazine rings is 1. The Bertz CT molecular complexity index is 311. The van der Waals surface area contributed by atoms with Crippen molar-refractivity contribution in [3.63, 3.8) is 0 Å². The molecule has 20 heavy (non-hydrogen) atoms. The molecule has 0 spiro atoms. The molecule has 5 heteroatoms. The predicted molar refractivity (Wildman–Crippen MR) is 79.7 cm³/mol. The van der Waals surface area contributed by atoms with Crippen LogP contribution in [0.4, 0.5) is 0 Å². The molecule has 2 unspecified atom stereocenters. The number of esters is 1. The number of methoxy groups -OCH3 is 1. The topological polar surface area (TPSA) is 44.8 Å². The van der Waals surface area contributed by atoms with Gasteiger partial charge in [0.1, 0.15) is 6.04 Å². The molecule has 0 saturated carbocycles. The molecule has 5 nitrogen and oxygen atoms in total. The number of hydrogen-bond acceptors (Lipinski definition) is 5. The summed E-state index contributed by atoms with van der Waals surface area (Å²) >= 11 is 0. The van der Waals surface area contributed by atoms with E-state index >= 15 is 0 Å². The van der Waals surface area contributed by atoms with Gasteiger partial charge in [0, 0.05) is 32.2 Å². The van der Waals surface area contributed by atoms with Gasteiger partial charge in [-0.2, -0.15) is 0 Å². The Hall–Kier alpha value is -0.650. The summed E-state index contributed by atoms with van der Waals surface area (Å²) in [5.41, 5.74) is 0. The highest BCUT2D eigenvalue weighted by molar-refractivity contribution is 5.75. The smallest absolute Gasteiger partial charge is 0.322 e. The van der Waals surface area contributed by atoms with Crippen molar-refractivity contribution in [2.24, 2.45) is 0 Å². The first-order chi connectivity index (χ1) is 9.74. The third-order valence-electron chi connectivity index (χ3n) is 4.53. The minimum atomic E-state index is -0.151. The summed E-state index contributed by atoms with van der Waals surface area (Å²) in [5.74, 6) is -0.127. The zero-order chi connectivity index (χ0) is 14.4. The second kappa shape index (κ2) is 7.96. The molecule has 0 amide bonds. The number of ether oxygens (including phenoxy) is 1. The van der Waals surface area contributed by atoms with E-state index in [0.29, 0.717) is 0 Å². The number of carbonyl (C=O) groups is 1. The summed E-state index contributed by atoms with van der Waals surface area (Å²) in [6.07, 6.45) is 4.57. The number of hydrogen-bond donors (Lipinski definition) is 1. The van der Waals surface area contributed by atoms with E-state index in [9.17, 15) is 4.79 Å². The fourth-order valence-corrected chi connectivity index (χ4v) is 3.33. The van der Waals surface area contributed by atoms with Crippen LogP contribution in [0.2, 0.25) is 0 Å². The molecule has 2 atom stereocenters. The molecule has 0 aliphatic carbocycles. The maximum Gasteiger partial charge on any atom is 0.322 e. The molecule has 116 valence electrons. The monoisotopic (exact) mass is 283 g/mol. The number of nitrogens with one attached hydrogen (secondary N) is 1. The zero-order valence-corrected chi connectivity index (χ0v) is 12.9. The maximum atomic E-state index is 11.8. The molecular weight excluding hydrogens is 254 g/mol. The van der Waals surface area contributed by atoms with Crippen LogP contribution in [0, 0.1) is 0 Å². The van der Waals surface area contributed by atoms with Crippen LogP contribution in [0.25, 0.3) is 0 Å². The molecular formula is C15H29N3O2. The molecule has 1 N–H and O–H groups in total. The lowest BCUT2D eigenvalue weighted by Crippen LogP contribution is -2.51. The number of fused-ring (bicyclic) bond motifs is 1. The normalized spacial score (nSPS) is 25.4. The highest BCUT2D eigenvalue weighted by Gasteiger charge is 2.30. The standard InChI is InChI=1S/C15H29N3O2/c1-3-7-16-14(15(19)20-2)6-9-17-10-11-18-8-4-5-13(18)12-17/h13-14,16H,3-12H2,1-2H3. The Labute approximate surface area is 122 Å². The minimum absolute atomic E-state index is 0.127. The van der Waals surface area contributed by atoms with E-state index < -0.39 is 0 Å². The van der Waals surface area contributed by atoms with E-state index in [1.165, 1.54) is 39.6 Å². The van der Waals surface area contributed by atoms with Crippen molar-refractivity contribution in [1.29, 1.82) is 0 Å². The van der Waals surface area contributed by atoms with Gasteiger partial charge in [0.2, 0.25) is 0 Å². The van der Waals surface area contributed by atoms with Crippen molar-refractivity contribution in [1.82, 2.24) is 15.1 Å². The Balaban J connectivity index is 1.75. The van der Waals surface area contributed by atoms with Crippen molar-refractivity contribution >= 4 is 5.97 Å². The molecule has 2 fully saturated rings. The van der Waals surface area contributed by atoms with Crippen LogP contribution in [0.15, 0.2) is 0 Å². The molecule has 0 aromatic rings. The summed E-state index contributed by atoms with van der Waals surface area (Å²) in [6, 6.07) is 0.602. The Morgan fingerprint density at radius 1 is 1.40 bits per heavy atom. The summed E-state index contributed by atoms with van der Waals surface area (Å²) in [7, 11) is 1.47. The van der Waals surface area contributed by atoms with Gasteiger partial charge in [-0.3, -0.25) is 9.69 Å². The van der Waals surface area contributed by atoms with Gasteiger partial charge in [-0.25, -0.2) is 0 Å². The average Bonchev–Trinajstić information content (AvgIpc) is 2.94. The largest absolute Gasteiger partial charge is 0.468 e. The molecule has 0 bridgehead atoms. The van der Waals surface area contributed by atoms with Gasteiger partial charge in [-0.05, 0) is 38.8 Å². The Morgan fingerprint density at radius 2 is 2.25 bits per heavy atom. The van der Waals surface area contributed by atoms with Crippen molar-refractivity contribution in [2.45, 2.75) is 44.7 Å². The molecule has 2 aliphatic rings. The van der Waals surface area contributed by atoms with Gasteiger partial charge in [0.15, 0.2) is 0 Å². The van der Waals surface area contributed by atoms with Gasteiger partial charge < -0.3 is 15.0 Å². The second-order valence-electron chi connectivity index (χ2n) is 5.95. The predicted octanol–water partition coefficient (Wildman–Crippen LogP) is 0.698. The average molecular weight is 283 g/mol.